The van der Waals surface area contributed by atoms with Crippen molar-refractivity contribution in [3.05, 3.63) is 64.7 Å². The number of benzene rings is 2. The highest BCUT2D eigenvalue weighted by molar-refractivity contribution is 6.30. The molecule has 3 rings (SSSR count). The Morgan fingerprint density at radius 3 is 2.17 bits per heavy atom. The molecule has 1 aliphatic carbocycles. The topological polar surface area (TPSA) is 75.7 Å². The van der Waals surface area contributed by atoms with Crippen LogP contribution in [0, 0.1) is 0 Å². The first kappa shape index (κ1) is 21.8. The average molecular weight is 429 g/mol. The monoisotopic (exact) mass is 428 g/mol. The fraction of sp³-hybridized carbons (Fsp3) is 0.348. The number of amides is 2. The minimum Gasteiger partial charge on any atom is -0.455 e. The van der Waals surface area contributed by atoms with E-state index in [1.807, 2.05) is 12.1 Å². The minimum absolute atomic E-state index is 0.120. The SMILES string of the molecule is CN(C)C(=O)c1ccc(NC(=O)COC(=O)C2(c3ccc(Cl)cc3)CCCC2)cc1. The Hall–Kier alpha value is -2.86. The number of hydrogen-bond donors (Lipinski definition) is 1. The lowest BCUT2D eigenvalue weighted by atomic mass is 9.79. The maximum absolute atomic E-state index is 12.9. The Bertz CT molecular complexity index is 917. The van der Waals surface area contributed by atoms with Crippen LogP contribution in [0.1, 0.15) is 41.6 Å². The minimum atomic E-state index is -0.723. The maximum Gasteiger partial charge on any atom is 0.317 e. The summed E-state index contributed by atoms with van der Waals surface area (Å²) in [6.07, 6.45) is 3.25. The number of nitrogens with one attached hydrogen (secondary N) is 1. The molecule has 1 N–H and O–H groups in total. The number of anilines is 1. The van der Waals surface area contributed by atoms with Crippen LogP contribution in [0.3, 0.4) is 0 Å². The van der Waals surface area contributed by atoms with Crippen LogP contribution in [0.25, 0.3) is 0 Å². The van der Waals surface area contributed by atoms with Crippen molar-refractivity contribution in [2.45, 2.75) is 31.1 Å². The van der Waals surface area contributed by atoms with Crippen LogP contribution in [0.4, 0.5) is 5.69 Å². The fourth-order valence-electron chi connectivity index (χ4n) is 3.78. The first-order chi connectivity index (χ1) is 14.3. The summed E-state index contributed by atoms with van der Waals surface area (Å²) in [5.74, 6) is -0.936. The van der Waals surface area contributed by atoms with Gasteiger partial charge in [-0.15, -0.1) is 0 Å². The van der Waals surface area contributed by atoms with Gasteiger partial charge >= 0.3 is 5.97 Å². The first-order valence-electron chi connectivity index (χ1n) is 9.87. The summed E-state index contributed by atoms with van der Waals surface area (Å²) in [6, 6.07) is 13.8. The predicted molar refractivity (Wildman–Crippen MR) is 116 cm³/mol. The Morgan fingerprint density at radius 2 is 1.60 bits per heavy atom. The predicted octanol–water partition coefficient (Wildman–Crippen LogP) is 4.04. The maximum atomic E-state index is 12.9. The van der Waals surface area contributed by atoms with Crippen molar-refractivity contribution in [3.8, 4) is 0 Å². The Kier molecular flexibility index (Phi) is 6.77. The van der Waals surface area contributed by atoms with E-state index in [0.717, 1.165) is 18.4 Å². The number of carbonyl (C=O) groups is 3. The molecule has 6 nitrogen and oxygen atoms in total. The molecule has 0 radical (unpaired) electrons. The fourth-order valence-corrected chi connectivity index (χ4v) is 3.90. The summed E-state index contributed by atoms with van der Waals surface area (Å²) in [6.45, 7) is -0.368. The lowest BCUT2D eigenvalue weighted by Gasteiger charge is -2.27. The third-order valence-electron chi connectivity index (χ3n) is 5.40. The third kappa shape index (κ3) is 4.82. The molecule has 0 bridgehead atoms. The second-order valence-electron chi connectivity index (χ2n) is 7.70. The highest BCUT2D eigenvalue weighted by Gasteiger charge is 2.44. The number of rotatable bonds is 6. The van der Waals surface area contributed by atoms with Gasteiger partial charge in [-0.05, 0) is 54.8 Å². The van der Waals surface area contributed by atoms with Crippen LogP contribution >= 0.6 is 11.6 Å². The Labute approximate surface area is 181 Å². The number of halogens is 1. The lowest BCUT2D eigenvalue weighted by molar-refractivity contribution is -0.153. The van der Waals surface area contributed by atoms with E-state index in [1.165, 1.54) is 4.90 Å². The summed E-state index contributed by atoms with van der Waals surface area (Å²) < 4.78 is 5.40. The number of carbonyl (C=O) groups excluding carboxylic acids is 3. The van der Waals surface area contributed by atoms with Crippen LogP contribution in [-0.4, -0.2) is 43.4 Å². The molecule has 0 saturated heterocycles. The molecule has 2 aromatic rings. The molecule has 158 valence electrons. The van der Waals surface area contributed by atoms with E-state index in [-0.39, 0.29) is 18.5 Å². The van der Waals surface area contributed by atoms with Gasteiger partial charge in [-0.25, -0.2) is 0 Å². The van der Waals surface area contributed by atoms with Crippen LogP contribution in [0.2, 0.25) is 5.02 Å². The molecule has 0 atom stereocenters. The van der Waals surface area contributed by atoms with Gasteiger partial charge in [0, 0.05) is 30.4 Å². The summed E-state index contributed by atoms with van der Waals surface area (Å²) in [7, 11) is 3.35. The molecule has 0 aromatic heterocycles. The second kappa shape index (κ2) is 9.30. The highest BCUT2D eigenvalue weighted by atomic mass is 35.5. The number of hydrogen-bond acceptors (Lipinski definition) is 4. The summed E-state index contributed by atoms with van der Waals surface area (Å²) in [5.41, 5.74) is 1.20. The first-order valence-corrected chi connectivity index (χ1v) is 10.2. The van der Waals surface area contributed by atoms with Crippen molar-refractivity contribution < 1.29 is 19.1 Å². The highest BCUT2D eigenvalue weighted by Crippen LogP contribution is 2.42. The van der Waals surface area contributed by atoms with Crippen LogP contribution in [-0.2, 0) is 19.7 Å². The van der Waals surface area contributed by atoms with E-state index in [9.17, 15) is 14.4 Å². The van der Waals surface area contributed by atoms with Gasteiger partial charge in [-0.2, -0.15) is 0 Å². The normalized spacial score (nSPS) is 14.8. The van der Waals surface area contributed by atoms with Crippen molar-refractivity contribution in [1.29, 1.82) is 0 Å². The number of nitrogens with zero attached hydrogens (tertiary/aromatic N) is 1. The molecule has 0 spiro atoms. The molecule has 1 saturated carbocycles. The van der Waals surface area contributed by atoms with E-state index in [1.54, 1.807) is 50.5 Å². The second-order valence-corrected chi connectivity index (χ2v) is 8.13. The molecule has 7 heteroatoms. The summed E-state index contributed by atoms with van der Waals surface area (Å²) in [4.78, 5) is 38.6. The van der Waals surface area contributed by atoms with Gasteiger partial charge in [0.15, 0.2) is 6.61 Å². The third-order valence-corrected chi connectivity index (χ3v) is 5.65. The van der Waals surface area contributed by atoms with Crippen LogP contribution in [0.5, 0.6) is 0 Å². The Balaban J connectivity index is 1.60. The number of ether oxygens (including phenoxy) is 1. The molecule has 0 aliphatic heterocycles. The molecule has 0 heterocycles. The van der Waals surface area contributed by atoms with Gasteiger partial charge in [0.1, 0.15) is 0 Å². The van der Waals surface area contributed by atoms with Gasteiger partial charge < -0.3 is 15.0 Å². The van der Waals surface area contributed by atoms with Gasteiger partial charge in [-0.1, -0.05) is 36.6 Å². The largest absolute Gasteiger partial charge is 0.455 e. The lowest BCUT2D eigenvalue weighted by Crippen LogP contribution is -2.36. The smallest absolute Gasteiger partial charge is 0.317 e. The molecular formula is C23H25ClN2O4. The molecule has 2 amide bonds. The average Bonchev–Trinajstić information content (AvgIpc) is 3.23. The molecule has 0 unspecified atom stereocenters. The zero-order chi connectivity index (χ0) is 21.7. The molecule has 30 heavy (non-hydrogen) atoms. The van der Waals surface area contributed by atoms with Crippen LogP contribution < -0.4 is 5.32 Å². The van der Waals surface area contributed by atoms with Crippen molar-refractivity contribution >= 4 is 35.1 Å². The van der Waals surface area contributed by atoms with E-state index >= 15 is 0 Å². The van der Waals surface area contributed by atoms with E-state index in [4.69, 9.17) is 16.3 Å². The van der Waals surface area contributed by atoms with E-state index in [0.29, 0.717) is 29.1 Å². The zero-order valence-corrected chi connectivity index (χ0v) is 17.9. The van der Waals surface area contributed by atoms with Gasteiger partial charge in [0.2, 0.25) is 0 Å². The molecular weight excluding hydrogens is 404 g/mol. The Morgan fingerprint density at radius 1 is 1.00 bits per heavy atom. The standard InChI is InChI=1S/C23H25ClN2O4/c1-26(2)21(28)16-5-11-19(12-6-16)25-20(27)15-30-22(29)23(13-3-4-14-23)17-7-9-18(24)10-8-17/h5-12H,3-4,13-15H2,1-2H3,(H,25,27). The van der Waals surface area contributed by atoms with Gasteiger partial charge in [0.05, 0.1) is 5.41 Å². The molecule has 1 fully saturated rings. The molecule has 1 aliphatic rings. The summed E-state index contributed by atoms with van der Waals surface area (Å²) in [5, 5.41) is 3.29. The zero-order valence-electron chi connectivity index (χ0n) is 17.1. The molecule has 2 aromatic carbocycles. The van der Waals surface area contributed by atoms with Crippen molar-refractivity contribution in [3.63, 3.8) is 0 Å². The summed E-state index contributed by atoms with van der Waals surface area (Å²) >= 11 is 5.98. The number of esters is 1. The van der Waals surface area contributed by atoms with Crippen molar-refractivity contribution in [1.82, 2.24) is 4.90 Å². The van der Waals surface area contributed by atoms with Gasteiger partial charge in [-0.3, -0.25) is 14.4 Å². The quantitative estimate of drug-likeness (QED) is 0.704. The van der Waals surface area contributed by atoms with Crippen LogP contribution in [0.15, 0.2) is 48.5 Å². The van der Waals surface area contributed by atoms with E-state index < -0.39 is 11.3 Å². The van der Waals surface area contributed by atoms with E-state index in [2.05, 4.69) is 5.32 Å². The van der Waals surface area contributed by atoms with Crippen molar-refractivity contribution in [2.75, 3.05) is 26.0 Å². The van der Waals surface area contributed by atoms with Gasteiger partial charge in [0.25, 0.3) is 11.8 Å². The van der Waals surface area contributed by atoms with Crippen molar-refractivity contribution in [2.24, 2.45) is 0 Å².